The number of rotatable bonds is 9. The molecule has 0 aliphatic rings. The number of unbranched alkanes of at least 4 members (excludes halogenated alkanes) is 6. The van der Waals surface area contributed by atoms with E-state index in [2.05, 4.69) is 20.8 Å². The Labute approximate surface area is 117 Å². The fourth-order valence-corrected chi connectivity index (χ4v) is 1.43. The Morgan fingerprint density at radius 1 is 0.667 bits per heavy atom. The van der Waals surface area contributed by atoms with Crippen LogP contribution in [0.5, 0.6) is 0 Å². The van der Waals surface area contributed by atoms with Gasteiger partial charge in [0.15, 0.2) is 0 Å². The highest BCUT2D eigenvalue weighted by Gasteiger charge is 1.95. The first-order valence-corrected chi connectivity index (χ1v) is 8.24. The summed E-state index contributed by atoms with van der Waals surface area (Å²) < 4.78 is 0. The van der Waals surface area contributed by atoms with Gasteiger partial charge in [-0.1, -0.05) is 86.5 Å². The van der Waals surface area contributed by atoms with Crippen molar-refractivity contribution in [3.05, 3.63) is 0 Å². The number of ketones is 1. The maximum atomic E-state index is 10.7. The van der Waals surface area contributed by atoms with Crippen LogP contribution in [-0.2, 0) is 4.79 Å². The van der Waals surface area contributed by atoms with E-state index >= 15 is 0 Å². The minimum atomic E-state index is 0.406. The Balaban J connectivity index is -0.000000225. The van der Waals surface area contributed by atoms with Crippen molar-refractivity contribution in [1.82, 2.24) is 0 Å². The van der Waals surface area contributed by atoms with Gasteiger partial charge in [-0.2, -0.15) is 0 Å². The molecule has 0 fully saturated rings. The molecule has 0 rings (SSSR count). The summed E-state index contributed by atoms with van der Waals surface area (Å²) in [5.41, 5.74) is 0. The van der Waals surface area contributed by atoms with Crippen LogP contribution >= 0.6 is 0 Å². The lowest BCUT2D eigenvalue weighted by Gasteiger charge is -1.93. The van der Waals surface area contributed by atoms with Crippen molar-refractivity contribution in [2.24, 2.45) is 0 Å². The lowest BCUT2D eigenvalue weighted by molar-refractivity contribution is -0.118. The first-order chi connectivity index (χ1) is 8.72. The third-order valence-electron chi connectivity index (χ3n) is 2.66. The van der Waals surface area contributed by atoms with Crippen LogP contribution in [-0.4, -0.2) is 5.78 Å². The standard InChI is InChI=1S/C8H16O.C7H16.C2H6/c1-3-5-6-7-8(9)4-2;1-3-5-7-6-4-2;1-2/h3-7H2,1-2H3;3-7H2,1-2H3;1-2H3. The zero-order chi connectivity index (χ0) is 14.6. The molecule has 18 heavy (non-hydrogen) atoms. The van der Waals surface area contributed by atoms with E-state index in [9.17, 15) is 4.79 Å². The van der Waals surface area contributed by atoms with Gasteiger partial charge in [0.2, 0.25) is 0 Å². The van der Waals surface area contributed by atoms with Crippen molar-refractivity contribution < 1.29 is 4.79 Å². The number of hydrogen-bond acceptors (Lipinski definition) is 1. The van der Waals surface area contributed by atoms with Crippen LogP contribution in [0.4, 0.5) is 0 Å². The van der Waals surface area contributed by atoms with Crippen molar-refractivity contribution in [2.45, 2.75) is 106 Å². The maximum absolute atomic E-state index is 10.7. The van der Waals surface area contributed by atoms with E-state index in [1.54, 1.807) is 0 Å². The summed E-state index contributed by atoms with van der Waals surface area (Å²) in [6, 6.07) is 0. The van der Waals surface area contributed by atoms with Crippen LogP contribution in [0.15, 0.2) is 0 Å². The van der Waals surface area contributed by atoms with Crippen molar-refractivity contribution in [2.75, 3.05) is 0 Å². The lowest BCUT2D eigenvalue weighted by Crippen LogP contribution is -1.93. The highest BCUT2D eigenvalue weighted by Crippen LogP contribution is 2.01. The minimum Gasteiger partial charge on any atom is -0.300 e. The molecule has 0 aromatic rings. The molecule has 112 valence electrons. The minimum absolute atomic E-state index is 0.406. The second kappa shape index (κ2) is 25.5. The summed E-state index contributed by atoms with van der Waals surface area (Å²) in [7, 11) is 0. The molecule has 0 amide bonds. The van der Waals surface area contributed by atoms with Gasteiger partial charge >= 0.3 is 0 Å². The SMILES string of the molecule is CC.CCCCCC(=O)CC.CCCCCCC. The Kier molecular flexibility index (Phi) is 32.3. The summed E-state index contributed by atoms with van der Waals surface area (Å²) in [5.74, 6) is 0.406. The quantitative estimate of drug-likeness (QED) is 0.429. The number of Topliss-reactive ketones (excluding diaryl/α,β-unsaturated/α-hetero) is 1. The van der Waals surface area contributed by atoms with Gasteiger partial charge < -0.3 is 0 Å². The zero-order valence-corrected chi connectivity index (χ0v) is 14.0. The van der Waals surface area contributed by atoms with Crippen LogP contribution in [0.25, 0.3) is 0 Å². The molecule has 0 aliphatic carbocycles. The molecular weight excluding hydrogens is 220 g/mol. The van der Waals surface area contributed by atoms with Crippen LogP contribution in [0, 0.1) is 0 Å². The Hall–Kier alpha value is -0.330. The second-order valence-corrected chi connectivity index (χ2v) is 4.41. The van der Waals surface area contributed by atoms with Gasteiger partial charge in [-0.15, -0.1) is 0 Å². The molecule has 0 bridgehead atoms. The molecule has 0 saturated carbocycles. The third-order valence-corrected chi connectivity index (χ3v) is 2.66. The van der Waals surface area contributed by atoms with Crippen molar-refractivity contribution in [3.63, 3.8) is 0 Å². The van der Waals surface area contributed by atoms with Crippen LogP contribution in [0.2, 0.25) is 0 Å². The summed E-state index contributed by atoms with van der Waals surface area (Å²) in [6.45, 7) is 12.6. The monoisotopic (exact) mass is 258 g/mol. The summed E-state index contributed by atoms with van der Waals surface area (Å²) in [5, 5.41) is 0. The van der Waals surface area contributed by atoms with Crippen molar-refractivity contribution >= 4 is 5.78 Å². The molecule has 0 aliphatic heterocycles. The fourth-order valence-electron chi connectivity index (χ4n) is 1.43. The molecule has 0 heterocycles. The lowest BCUT2D eigenvalue weighted by atomic mass is 10.1. The van der Waals surface area contributed by atoms with Crippen molar-refractivity contribution in [3.8, 4) is 0 Å². The average molecular weight is 258 g/mol. The van der Waals surface area contributed by atoms with Gasteiger partial charge in [0.05, 0.1) is 0 Å². The Morgan fingerprint density at radius 2 is 1.06 bits per heavy atom. The highest BCUT2D eigenvalue weighted by molar-refractivity contribution is 5.77. The van der Waals surface area contributed by atoms with E-state index in [4.69, 9.17) is 0 Å². The molecule has 0 aromatic heterocycles. The molecule has 0 N–H and O–H groups in total. The molecule has 0 unspecified atom stereocenters. The van der Waals surface area contributed by atoms with Crippen molar-refractivity contribution in [1.29, 1.82) is 0 Å². The number of hydrogen-bond donors (Lipinski definition) is 0. The Morgan fingerprint density at radius 3 is 1.39 bits per heavy atom. The molecule has 1 nitrogen and oxygen atoms in total. The smallest absolute Gasteiger partial charge is 0.132 e. The average Bonchev–Trinajstić information content (AvgIpc) is 2.42. The van der Waals surface area contributed by atoms with E-state index < -0.39 is 0 Å². The molecule has 0 aromatic carbocycles. The summed E-state index contributed by atoms with van der Waals surface area (Å²) in [6.07, 6.45) is 12.0. The summed E-state index contributed by atoms with van der Waals surface area (Å²) in [4.78, 5) is 10.7. The van der Waals surface area contributed by atoms with Gasteiger partial charge in [0.25, 0.3) is 0 Å². The zero-order valence-electron chi connectivity index (χ0n) is 14.0. The predicted octanol–water partition coefficient (Wildman–Crippen LogP) is 6.55. The molecular formula is C17H38O. The van der Waals surface area contributed by atoms with Gasteiger partial charge in [0, 0.05) is 12.8 Å². The molecule has 1 heteroatoms. The topological polar surface area (TPSA) is 17.1 Å². The molecule has 0 atom stereocenters. The second-order valence-electron chi connectivity index (χ2n) is 4.41. The largest absolute Gasteiger partial charge is 0.300 e. The van der Waals surface area contributed by atoms with E-state index in [0.29, 0.717) is 12.2 Å². The summed E-state index contributed by atoms with van der Waals surface area (Å²) >= 11 is 0. The van der Waals surface area contributed by atoms with Crippen LogP contribution < -0.4 is 0 Å². The fraction of sp³-hybridized carbons (Fsp3) is 0.941. The third kappa shape index (κ3) is 29.6. The predicted molar refractivity (Wildman–Crippen MR) is 85.2 cm³/mol. The van der Waals surface area contributed by atoms with Gasteiger partial charge in [-0.25, -0.2) is 0 Å². The van der Waals surface area contributed by atoms with Crippen LogP contribution in [0.1, 0.15) is 106 Å². The first kappa shape index (κ1) is 22.8. The van der Waals surface area contributed by atoms with E-state index in [-0.39, 0.29) is 0 Å². The van der Waals surface area contributed by atoms with E-state index in [1.165, 1.54) is 44.9 Å². The number of carbonyl (C=O) groups excluding carboxylic acids is 1. The van der Waals surface area contributed by atoms with Crippen LogP contribution in [0.3, 0.4) is 0 Å². The number of carbonyl (C=O) groups is 1. The van der Waals surface area contributed by atoms with E-state index in [1.807, 2.05) is 20.8 Å². The molecule has 0 saturated heterocycles. The van der Waals surface area contributed by atoms with E-state index in [0.717, 1.165) is 12.8 Å². The first-order valence-electron chi connectivity index (χ1n) is 8.24. The normalized spacial score (nSPS) is 8.78. The Bertz CT molecular complexity index is 126. The van der Waals surface area contributed by atoms with Gasteiger partial charge in [-0.05, 0) is 6.42 Å². The highest BCUT2D eigenvalue weighted by atomic mass is 16.1. The van der Waals surface area contributed by atoms with Gasteiger partial charge in [0.1, 0.15) is 5.78 Å². The molecule has 0 radical (unpaired) electrons. The maximum Gasteiger partial charge on any atom is 0.132 e. The molecule has 0 spiro atoms. The van der Waals surface area contributed by atoms with Gasteiger partial charge in [-0.3, -0.25) is 4.79 Å².